The second-order valence-electron chi connectivity index (χ2n) is 8.84. The molecule has 1 amide bonds. The second kappa shape index (κ2) is 9.04. The number of β-lactam (4-membered cyclic amide) rings is 1. The molecule has 0 aromatic carbocycles. The van der Waals surface area contributed by atoms with Gasteiger partial charge in [0.15, 0.2) is 0 Å². The van der Waals surface area contributed by atoms with Crippen LogP contribution in [0.15, 0.2) is 0 Å². The van der Waals surface area contributed by atoms with Gasteiger partial charge in [-0.2, -0.15) is 0 Å². The van der Waals surface area contributed by atoms with Crippen molar-refractivity contribution in [3.63, 3.8) is 0 Å². The van der Waals surface area contributed by atoms with Crippen molar-refractivity contribution in [1.29, 1.82) is 0 Å². The van der Waals surface area contributed by atoms with Crippen LogP contribution < -0.4 is 5.32 Å². The lowest BCUT2D eigenvalue weighted by Crippen LogP contribution is -2.63. The highest BCUT2D eigenvalue weighted by Gasteiger charge is 2.63. The summed E-state index contributed by atoms with van der Waals surface area (Å²) in [6.45, 7) is 3.73. The third-order valence-corrected chi connectivity index (χ3v) is 9.11. The minimum atomic E-state index is -0.919. The summed E-state index contributed by atoms with van der Waals surface area (Å²) in [6, 6.07) is 1.05. The number of nitrogens with one attached hydrogen (secondary N) is 1. The van der Waals surface area contributed by atoms with Crippen molar-refractivity contribution in [2.24, 2.45) is 0 Å². The number of fused-ring (bicyclic) bond motifs is 1. The lowest BCUT2D eigenvalue weighted by molar-refractivity contribution is -0.156. The molecular weight excluding hydrogens is 428 g/mol. The molecule has 3 atom stereocenters. The first-order chi connectivity index (χ1) is 12.8. The molecule has 2 aliphatic heterocycles. The van der Waals surface area contributed by atoms with E-state index >= 15 is 0 Å². The fourth-order valence-electron chi connectivity index (χ4n) is 4.84. The van der Waals surface area contributed by atoms with E-state index in [1.54, 1.807) is 11.8 Å². The molecule has 0 bridgehead atoms. The highest BCUT2D eigenvalue weighted by Crippen LogP contribution is 2.52. The van der Waals surface area contributed by atoms with Crippen molar-refractivity contribution in [2.75, 3.05) is 0 Å². The average Bonchev–Trinajstić information content (AvgIpc) is 2.92. The Kier molecular flexibility index (Phi) is 7.18. The van der Waals surface area contributed by atoms with Crippen molar-refractivity contribution in [2.45, 2.75) is 111 Å². The summed E-state index contributed by atoms with van der Waals surface area (Å²) >= 11 is 4.80. The van der Waals surface area contributed by atoms with Crippen molar-refractivity contribution in [1.82, 2.24) is 10.2 Å². The van der Waals surface area contributed by atoms with Gasteiger partial charge < -0.3 is 15.3 Å². The van der Waals surface area contributed by atoms with Crippen LogP contribution in [0.4, 0.5) is 0 Å². The number of carboxylic acid groups (broad SMARTS) is 1. The fourth-order valence-corrected chi connectivity index (χ4v) is 7.19. The standard InChI is InChI=1S/C12H23N.C8H10BrNO3S/c1-3-7-11(8-4-1)13-12-9-5-2-6-10-12;1-8(2)4(7(12)13)10-5(11)3(9)6(10)14-8/h11-13H,1-10H2;3-4,6H,1-2H3,(H,12,13)/t;3-,4+,6-/m.1/s1. The zero-order chi connectivity index (χ0) is 19.6. The fraction of sp³-hybridized carbons (Fsp3) is 0.900. The van der Waals surface area contributed by atoms with Crippen molar-refractivity contribution in [3.05, 3.63) is 0 Å². The second-order valence-corrected chi connectivity index (χ2v) is 11.6. The first-order valence-corrected chi connectivity index (χ1v) is 12.2. The molecule has 2 saturated carbocycles. The SMILES string of the molecule is C1CCC(NC2CCCCC2)CC1.CC1(C)S[C@@H]2[C@H](Br)C(=O)N2[C@H]1C(=O)O. The number of carbonyl (C=O) groups is 2. The van der Waals surface area contributed by atoms with Gasteiger partial charge in [-0.25, -0.2) is 4.79 Å². The number of thioether (sulfide) groups is 1. The van der Waals surface area contributed by atoms with Gasteiger partial charge in [0.25, 0.3) is 0 Å². The largest absolute Gasteiger partial charge is 0.480 e. The summed E-state index contributed by atoms with van der Waals surface area (Å²) in [7, 11) is 0. The van der Waals surface area contributed by atoms with E-state index in [1.807, 2.05) is 13.8 Å². The van der Waals surface area contributed by atoms with Crippen LogP contribution in [0.3, 0.4) is 0 Å². The normalized spacial score (nSPS) is 33.7. The molecule has 2 aliphatic carbocycles. The first-order valence-electron chi connectivity index (χ1n) is 10.4. The molecule has 0 unspecified atom stereocenters. The topological polar surface area (TPSA) is 69.6 Å². The van der Waals surface area contributed by atoms with Gasteiger partial charge in [0, 0.05) is 16.8 Å². The molecule has 4 aliphatic rings. The molecule has 2 saturated heterocycles. The van der Waals surface area contributed by atoms with Gasteiger partial charge in [-0.05, 0) is 39.5 Å². The van der Waals surface area contributed by atoms with Crippen LogP contribution in [0.25, 0.3) is 0 Å². The van der Waals surface area contributed by atoms with Gasteiger partial charge in [0.2, 0.25) is 5.91 Å². The Morgan fingerprint density at radius 1 is 1.07 bits per heavy atom. The van der Waals surface area contributed by atoms with Gasteiger partial charge in [0.05, 0.1) is 0 Å². The Morgan fingerprint density at radius 2 is 1.56 bits per heavy atom. The lowest BCUT2D eigenvalue weighted by Gasteiger charge is -2.40. The number of halogens is 1. The summed E-state index contributed by atoms with van der Waals surface area (Å²) in [5.41, 5.74) is 0. The zero-order valence-electron chi connectivity index (χ0n) is 16.5. The maximum absolute atomic E-state index is 11.4. The number of carboxylic acids is 1. The first kappa shape index (κ1) is 21.4. The van der Waals surface area contributed by atoms with Crippen LogP contribution in [-0.2, 0) is 9.59 Å². The minimum absolute atomic E-state index is 0.0152. The number of hydrogen-bond donors (Lipinski definition) is 2. The van der Waals surface area contributed by atoms with E-state index in [1.165, 1.54) is 69.1 Å². The predicted molar refractivity (Wildman–Crippen MR) is 113 cm³/mol. The van der Waals surface area contributed by atoms with Crippen molar-refractivity contribution < 1.29 is 14.7 Å². The van der Waals surface area contributed by atoms with E-state index in [9.17, 15) is 9.59 Å². The maximum Gasteiger partial charge on any atom is 0.327 e. The van der Waals surface area contributed by atoms with E-state index in [0.717, 1.165) is 12.1 Å². The summed E-state index contributed by atoms with van der Waals surface area (Å²) in [6.07, 6.45) is 14.6. The van der Waals surface area contributed by atoms with Gasteiger partial charge in [-0.1, -0.05) is 54.5 Å². The van der Waals surface area contributed by atoms with E-state index in [2.05, 4.69) is 21.2 Å². The smallest absolute Gasteiger partial charge is 0.327 e. The highest BCUT2D eigenvalue weighted by atomic mass is 79.9. The molecule has 4 rings (SSSR count). The molecule has 27 heavy (non-hydrogen) atoms. The van der Waals surface area contributed by atoms with Crippen molar-refractivity contribution in [3.8, 4) is 0 Å². The van der Waals surface area contributed by atoms with Crippen LogP contribution in [0.2, 0.25) is 0 Å². The molecule has 0 aromatic heterocycles. The Morgan fingerprint density at radius 3 is 2.00 bits per heavy atom. The quantitative estimate of drug-likeness (QED) is 0.489. The van der Waals surface area contributed by atoms with E-state index in [0.29, 0.717) is 0 Å². The minimum Gasteiger partial charge on any atom is -0.480 e. The zero-order valence-corrected chi connectivity index (χ0v) is 18.9. The van der Waals surface area contributed by atoms with Gasteiger partial charge in [-0.3, -0.25) is 4.79 Å². The summed E-state index contributed by atoms with van der Waals surface area (Å²) < 4.78 is -0.408. The Labute approximate surface area is 175 Å². The van der Waals surface area contributed by atoms with E-state index in [4.69, 9.17) is 5.11 Å². The lowest BCUT2D eigenvalue weighted by atomic mass is 9.91. The molecule has 154 valence electrons. The molecule has 4 fully saturated rings. The number of amides is 1. The van der Waals surface area contributed by atoms with Crippen LogP contribution in [0, 0.1) is 0 Å². The molecule has 7 heteroatoms. The van der Waals surface area contributed by atoms with Gasteiger partial charge in [0.1, 0.15) is 16.2 Å². The molecule has 2 heterocycles. The number of nitrogens with zero attached hydrogens (tertiary/aromatic N) is 1. The van der Waals surface area contributed by atoms with Gasteiger partial charge in [-0.15, -0.1) is 11.8 Å². The number of hydrogen-bond acceptors (Lipinski definition) is 4. The number of alkyl halides is 1. The average molecular weight is 461 g/mol. The molecular formula is C20H33BrN2O3S. The molecule has 5 nitrogen and oxygen atoms in total. The summed E-state index contributed by atoms with van der Waals surface area (Å²) in [5.74, 6) is -1.03. The Balaban J connectivity index is 0.000000156. The Bertz CT molecular complexity index is 531. The highest BCUT2D eigenvalue weighted by molar-refractivity contribution is 9.10. The maximum atomic E-state index is 11.4. The number of rotatable bonds is 3. The summed E-state index contributed by atoms with van der Waals surface area (Å²) in [5, 5.41) is 12.9. The molecule has 0 aromatic rings. The van der Waals surface area contributed by atoms with Crippen molar-refractivity contribution >= 4 is 39.6 Å². The van der Waals surface area contributed by atoms with E-state index < -0.39 is 16.8 Å². The van der Waals surface area contributed by atoms with Crippen LogP contribution >= 0.6 is 27.7 Å². The third kappa shape index (κ3) is 4.84. The molecule has 0 spiro atoms. The molecule has 2 N–H and O–H groups in total. The van der Waals surface area contributed by atoms with Gasteiger partial charge >= 0.3 is 5.97 Å². The number of aliphatic carboxylic acids is 1. The van der Waals surface area contributed by atoms with Crippen LogP contribution in [0.1, 0.15) is 78.1 Å². The third-order valence-electron chi connectivity index (χ3n) is 6.29. The van der Waals surface area contributed by atoms with Crippen LogP contribution in [-0.4, -0.2) is 55.0 Å². The predicted octanol–water partition coefficient (Wildman–Crippen LogP) is 4.14. The summed E-state index contributed by atoms with van der Waals surface area (Å²) in [4.78, 5) is 23.7. The monoisotopic (exact) mass is 460 g/mol. The molecule has 0 radical (unpaired) electrons. The Hall–Kier alpha value is -0.270. The number of carbonyl (C=O) groups excluding carboxylic acids is 1. The van der Waals surface area contributed by atoms with E-state index in [-0.39, 0.29) is 16.1 Å². The van der Waals surface area contributed by atoms with Crippen LogP contribution in [0.5, 0.6) is 0 Å².